The van der Waals surface area contributed by atoms with E-state index in [0.717, 1.165) is 12.1 Å². The summed E-state index contributed by atoms with van der Waals surface area (Å²) in [6, 6.07) is 8.30. The number of rotatable bonds is 5. The number of nitrogens with one attached hydrogen (secondary N) is 1. The van der Waals surface area contributed by atoms with Crippen LogP contribution in [0.15, 0.2) is 42.7 Å². The van der Waals surface area contributed by atoms with Gasteiger partial charge < -0.3 is 19.5 Å². The topological polar surface area (TPSA) is 52.6 Å². The van der Waals surface area contributed by atoms with Crippen LogP contribution in [0.3, 0.4) is 0 Å². The van der Waals surface area contributed by atoms with Crippen molar-refractivity contribution in [3.05, 3.63) is 54.1 Å². The highest BCUT2D eigenvalue weighted by atomic mass is 19.1. The molecule has 1 saturated heterocycles. The van der Waals surface area contributed by atoms with Crippen LogP contribution in [0.25, 0.3) is 0 Å². The predicted octanol–water partition coefficient (Wildman–Crippen LogP) is 2.34. The molecule has 0 saturated carbocycles. The van der Waals surface area contributed by atoms with Crippen molar-refractivity contribution in [3.8, 4) is 11.5 Å². The van der Waals surface area contributed by atoms with E-state index < -0.39 is 11.9 Å². The summed E-state index contributed by atoms with van der Waals surface area (Å²) >= 11 is 0. The van der Waals surface area contributed by atoms with Crippen LogP contribution < -0.4 is 14.8 Å². The van der Waals surface area contributed by atoms with Crippen molar-refractivity contribution < 1.29 is 18.6 Å². The van der Waals surface area contributed by atoms with Gasteiger partial charge in [-0.15, -0.1) is 0 Å². The van der Waals surface area contributed by atoms with E-state index in [9.17, 15) is 4.39 Å². The van der Waals surface area contributed by atoms with Crippen molar-refractivity contribution in [2.24, 2.45) is 0 Å². The molecule has 5 nitrogen and oxygen atoms in total. The second-order valence-corrected chi connectivity index (χ2v) is 5.21. The molecule has 122 valence electrons. The molecule has 0 spiro atoms. The summed E-state index contributed by atoms with van der Waals surface area (Å²) in [6.07, 6.45) is 2.67. The van der Waals surface area contributed by atoms with Crippen LogP contribution in [0.4, 0.5) is 4.39 Å². The minimum absolute atomic E-state index is 0.0815. The quantitative estimate of drug-likeness (QED) is 0.917. The van der Waals surface area contributed by atoms with Crippen LogP contribution in [-0.2, 0) is 4.74 Å². The van der Waals surface area contributed by atoms with Crippen molar-refractivity contribution in [3.63, 3.8) is 0 Å². The number of hydrogen-bond acceptors (Lipinski definition) is 5. The zero-order valence-corrected chi connectivity index (χ0v) is 12.9. The highest BCUT2D eigenvalue weighted by Gasteiger charge is 2.30. The van der Waals surface area contributed by atoms with E-state index in [4.69, 9.17) is 14.2 Å². The van der Waals surface area contributed by atoms with Gasteiger partial charge in [0.25, 0.3) is 0 Å². The van der Waals surface area contributed by atoms with Crippen molar-refractivity contribution in [2.45, 2.75) is 12.2 Å². The third kappa shape index (κ3) is 3.60. The highest BCUT2D eigenvalue weighted by molar-refractivity contribution is 5.41. The molecule has 0 radical (unpaired) electrons. The molecule has 1 aliphatic rings. The zero-order valence-electron chi connectivity index (χ0n) is 12.9. The summed E-state index contributed by atoms with van der Waals surface area (Å²) < 4.78 is 31.2. The Bertz CT molecular complexity index is 633. The number of benzene rings is 1. The van der Waals surface area contributed by atoms with Crippen LogP contribution in [0.2, 0.25) is 0 Å². The molecule has 2 heterocycles. The summed E-state index contributed by atoms with van der Waals surface area (Å²) in [7, 11) is 1.49. The molecular formula is C17H19FN2O3. The van der Waals surface area contributed by atoms with E-state index in [0.29, 0.717) is 18.9 Å². The minimum Gasteiger partial charge on any atom is -0.493 e. The van der Waals surface area contributed by atoms with Crippen molar-refractivity contribution in [1.29, 1.82) is 0 Å². The monoisotopic (exact) mass is 318 g/mol. The van der Waals surface area contributed by atoms with E-state index in [1.54, 1.807) is 24.5 Å². The molecule has 23 heavy (non-hydrogen) atoms. The summed E-state index contributed by atoms with van der Waals surface area (Å²) in [4.78, 5) is 4.13. The molecule has 1 aromatic heterocycles. The first-order chi connectivity index (χ1) is 11.3. The molecule has 2 atom stereocenters. The summed E-state index contributed by atoms with van der Waals surface area (Å²) in [5, 5.41) is 3.26. The molecule has 0 amide bonds. The number of aromatic nitrogens is 1. The molecule has 0 aliphatic carbocycles. The summed E-state index contributed by atoms with van der Waals surface area (Å²) in [5.41, 5.74) is 0.825. The SMILES string of the molecule is COc1cccc(F)c1OC(c1cccnc1)[C@H]1CNCCO1. The first kappa shape index (κ1) is 15.7. The Morgan fingerprint density at radius 1 is 1.35 bits per heavy atom. The Morgan fingerprint density at radius 3 is 2.96 bits per heavy atom. The lowest BCUT2D eigenvalue weighted by molar-refractivity contribution is -0.0449. The molecule has 1 unspecified atom stereocenters. The minimum atomic E-state index is -0.484. The third-order valence-corrected chi connectivity index (χ3v) is 3.70. The molecule has 1 fully saturated rings. The van der Waals surface area contributed by atoms with Crippen molar-refractivity contribution >= 4 is 0 Å². The number of morpholine rings is 1. The number of ether oxygens (including phenoxy) is 3. The largest absolute Gasteiger partial charge is 0.493 e. The first-order valence-corrected chi connectivity index (χ1v) is 7.51. The molecule has 2 aromatic rings. The second-order valence-electron chi connectivity index (χ2n) is 5.21. The van der Waals surface area contributed by atoms with Gasteiger partial charge in [-0.1, -0.05) is 12.1 Å². The number of halogens is 1. The average molecular weight is 318 g/mol. The number of methoxy groups -OCH3 is 1. The van der Waals surface area contributed by atoms with Crippen molar-refractivity contribution in [1.82, 2.24) is 10.3 Å². The van der Waals surface area contributed by atoms with Gasteiger partial charge in [0, 0.05) is 31.0 Å². The lowest BCUT2D eigenvalue weighted by Crippen LogP contribution is -2.43. The molecule has 6 heteroatoms. The van der Waals surface area contributed by atoms with Crippen LogP contribution in [0, 0.1) is 5.82 Å². The van der Waals surface area contributed by atoms with E-state index in [1.165, 1.54) is 13.2 Å². The van der Waals surface area contributed by atoms with Gasteiger partial charge >= 0.3 is 0 Å². The Kier molecular flexibility index (Phi) is 5.05. The summed E-state index contributed by atoms with van der Waals surface area (Å²) in [6.45, 7) is 1.99. The van der Waals surface area contributed by atoms with Gasteiger partial charge in [-0.05, 0) is 18.2 Å². The number of pyridine rings is 1. The van der Waals surface area contributed by atoms with Crippen LogP contribution in [-0.4, -0.2) is 37.9 Å². The van der Waals surface area contributed by atoms with Crippen molar-refractivity contribution in [2.75, 3.05) is 26.8 Å². The Labute approximate surface area is 134 Å². The van der Waals surface area contributed by atoms with Gasteiger partial charge in [0.05, 0.1) is 13.7 Å². The van der Waals surface area contributed by atoms with Gasteiger partial charge in [0.1, 0.15) is 6.10 Å². The Balaban J connectivity index is 1.93. The fourth-order valence-corrected chi connectivity index (χ4v) is 2.57. The van der Waals surface area contributed by atoms with Crippen LogP contribution >= 0.6 is 0 Å². The molecule has 1 N–H and O–H groups in total. The molecule has 1 aromatic carbocycles. The van der Waals surface area contributed by atoms with E-state index in [1.807, 2.05) is 12.1 Å². The van der Waals surface area contributed by atoms with Crippen LogP contribution in [0.1, 0.15) is 11.7 Å². The van der Waals surface area contributed by atoms with Gasteiger partial charge in [-0.2, -0.15) is 0 Å². The molecule has 1 aliphatic heterocycles. The molecule has 3 rings (SSSR count). The highest BCUT2D eigenvalue weighted by Crippen LogP contribution is 2.35. The van der Waals surface area contributed by atoms with E-state index >= 15 is 0 Å². The normalized spacial score (nSPS) is 19.1. The maximum Gasteiger partial charge on any atom is 0.197 e. The van der Waals surface area contributed by atoms with E-state index in [-0.39, 0.29) is 11.9 Å². The Hall–Kier alpha value is -2.18. The van der Waals surface area contributed by atoms with Gasteiger partial charge in [-0.3, -0.25) is 4.98 Å². The Morgan fingerprint density at radius 2 is 2.26 bits per heavy atom. The second kappa shape index (κ2) is 7.39. The lowest BCUT2D eigenvalue weighted by Gasteiger charge is -2.31. The number of nitrogens with zero attached hydrogens (tertiary/aromatic N) is 1. The maximum atomic E-state index is 14.2. The third-order valence-electron chi connectivity index (χ3n) is 3.70. The van der Waals surface area contributed by atoms with Gasteiger partial charge in [0.15, 0.2) is 23.4 Å². The van der Waals surface area contributed by atoms with Gasteiger partial charge in [0.2, 0.25) is 0 Å². The smallest absolute Gasteiger partial charge is 0.197 e. The summed E-state index contributed by atoms with van der Waals surface area (Å²) in [5.74, 6) is -0.0392. The zero-order chi connectivity index (χ0) is 16.1. The molecule has 0 bridgehead atoms. The first-order valence-electron chi connectivity index (χ1n) is 7.51. The number of hydrogen-bond donors (Lipinski definition) is 1. The average Bonchev–Trinajstić information content (AvgIpc) is 2.62. The maximum absolute atomic E-state index is 14.2. The van der Waals surface area contributed by atoms with Crippen LogP contribution in [0.5, 0.6) is 11.5 Å². The fraction of sp³-hybridized carbons (Fsp3) is 0.353. The number of para-hydroxylation sites is 1. The fourth-order valence-electron chi connectivity index (χ4n) is 2.57. The standard InChI is InChI=1S/C17H19FN2O3/c1-21-14-6-2-5-13(18)17(14)23-16(12-4-3-7-19-10-12)15-11-20-8-9-22-15/h2-7,10,15-16,20H,8-9,11H2,1H3/t15-,16?/m1/s1. The van der Waals surface area contributed by atoms with E-state index in [2.05, 4.69) is 10.3 Å². The van der Waals surface area contributed by atoms with Gasteiger partial charge in [-0.25, -0.2) is 4.39 Å². The molecular weight excluding hydrogens is 299 g/mol. The lowest BCUT2D eigenvalue weighted by atomic mass is 10.0. The predicted molar refractivity (Wildman–Crippen MR) is 83.2 cm³/mol.